The van der Waals surface area contributed by atoms with E-state index in [-0.39, 0.29) is 31.1 Å². The minimum Gasteiger partial charge on any atom is -0.462 e. The molecule has 380 valence electrons. The molecule has 0 aromatic carbocycles. The van der Waals surface area contributed by atoms with Gasteiger partial charge in [-0.15, -0.1) is 0 Å². The molecule has 0 aliphatic heterocycles. The predicted molar refractivity (Wildman–Crippen MR) is 275 cm³/mol. The van der Waals surface area contributed by atoms with Crippen LogP contribution in [0.4, 0.5) is 0 Å². The van der Waals surface area contributed by atoms with Crippen LogP contribution in [0.5, 0.6) is 0 Å². The molecule has 0 fully saturated rings. The van der Waals surface area contributed by atoms with Gasteiger partial charge in [-0.1, -0.05) is 291 Å². The Morgan fingerprint density at radius 3 is 0.812 bits per heavy atom. The molecule has 0 saturated heterocycles. The maximum Gasteiger partial charge on any atom is 0.306 e. The van der Waals surface area contributed by atoms with Crippen LogP contribution in [-0.4, -0.2) is 37.2 Å². The van der Waals surface area contributed by atoms with Crippen molar-refractivity contribution < 1.29 is 28.6 Å². The number of rotatable bonds is 53. The van der Waals surface area contributed by atoms with Crippen LogP contribution in [0.25, 0.3) is 0 Å². The average molecular weight is 906 g/mol. The molecule has 1 unspecified atom stereocenters. The van der Waals surface area contributed by atoms with Crippen molar-refractivity contribution in [1.29, 1.82) is 0 Å². The van der Waals surface area contributed by atoms with Crippen molar-refractivity contribution in [3.63, 3.8) is 0 Å². The Balaban J connectivity index is 4.26. The summed E-state index contributed by atoms with van der Waals surface area (Å²) in [5, 5.41) is 0. The highest BCUT2D eigenvalue weighted by Gasteiger charge is 2.19. The van der Waals surface area contributed by atoms with E-state index in [0.29, 0.717) is 19.3 Å². The Kier molecular flexibility index (Phi) is 51.1. The number of carbonyl (C=O) groups excluding carboxylic acids is 3. The second-order valence-electron chi connectivity index (χ2n) is 20.2. The summed E-state index contributed by atoms with van der Waals surface area (Å²) in [5.74, 6) is 0.0594. The summed E-state index contributed by atoms with van der Waals surface area (Å²) >= 11 is 0. The second-order valence-corrected chi connectivity index (χ2v) is 20.2. The number of hydrogen-bond acceptors (Lipinski definition) is 6. The molecular formula is C58H112O6. The van der Waals surface area contributed by atoms with Crippen LogP contribution in [0.1, 0.15) is 329 Å². The zero-order valence-electron chi connectivity index (χ0n) is 43.8. The monoisotopic (exact) mass is 905 g/mol. The standard InChI is InChI=1S/C58H112O6/c1-5-8-10-12-14-16-18-19-20-21-22-27-31-35-39-43-47-51-58(61)64-55(52-62-56(59)49-45-41-37-33-28-17-15-13-11-9-6-2)53-63-57(60)50-46-42-38-34-30-26-24-23-25-29-32-36-40-44-48-54(4)7-3/h54-55H,5-53H2,1-4H3/t54?,55-/m1/s1. The summed E-state index contributed by atoms with van der Waals surface area (Å²) in [6.45, 7) is 9.09. The van der Waals surface area contributed by atoms with Crippen molar-refractivity contribution in [2.24, 2.45) is 5.92 Å². The molecule has 2 atom stereocenters. The van der Waals surface area contributed by atoms with Gasteiger partial charge in [0.2, 0.25) is 0 Å². The number of unbranched alkanes of at least 4 members (excludes halogenated alkanes) is 39. The molecule has 0 aliphatic rings. The van der Waals surface area contributed by atoms with Gasteiger partial charge < -0.3 is 14.2 Å². The third kappa shape index (κ3) is 49.8. The van der Waals surface area contributed by atoms with E-state index in [1.54, 1.807) is 0 Å². The Hall–Kier alpha value is -1.59. The average Bonchev–Trinajstić information content (AvgIpc) is 3.29. The summed E-state index contributed by atoms with van der Waals surface area (Å²) in [4.78, 5) is 38.1. The van der Waals surface area contributed by atoms with Gasteiger partial charge in [0.25, 0.3) is 0 Å². The molecule has 0 heterocycles. The van der Waals surface area contributed by atoms with Gasteiger partial charge in [0.15, 0.2) is 6.10 Å². The zero-order valence-corrected chi connectivity index (χ0v) is 43.8. The molecule has 0 bridgehead atoms. The summed E-state index contributed by atoms with van der Waals surface area (Å²) in [6, 6.07) is 0. The van der Waals surface area contributed by atoms with Crippen molar-refractivity contribution in [2.75, 3.05) is 13.2 Å². The molecule has 0 amide bonds. The van der Waals surface area contributed by atoms with E-state index in [9.17, 15) is 14.4 Å². The van der Waals surface area contributed by atoms with Gasteiger partial charge in [-0.25, -0.2) is 0 Å². The predicted octanol–water partition coefficient (Wildman–Crippen LogP) is 19.0. The topological polar surface area (TPSA) is 78.9 Å². The first-order valence-corrected chi connectivity index (χ1v) is 28.9. The maximum atomic E-state index is 12.8. The van der Waals surface area contributed by atoms with E-state index in [0.717, 1.165) is 63.7 Å². The molecule has 0 aliphatic carbocycles. The van der Waals surface area contributed by atoms with Gasteiger partial charge in [0.05, 0.1) is 0 Å². The van der Waals surface area contributed by atoms with Crippen molar-refractivity contribution in [2.45, 2.75) is 336 Å². The van der Waals surface area contributed by atoms with Crippen molar-refractivity contribution in [3.8, 4) is 0 Å². The Bertz CT molecular complexity index is 966. The van der Waals surface area contributed by atoms with Gasteiger partial charge in [-0.3, -0.25) is 14.4 Å². The van der Waals surface area contributed by atoms with Crippen molar-refractivity contribution in [3.05, 3.63) is 0 Å². The molecular weight excluding hydrogens is 793 g/mol. The number of ether oxygens (including phenoxy) is 3. The first-order chi connectivity index (χ1) is 31.4. The van der Waals surface area contributed by atoms with E-state index >= 15 is 0 Å². The highest BCUT2D eigenvalue weighted by Crippen LogP contribution is 2.18. The van der Waals surface area contributed by atoms with Crippen LogP contribution < -0.4 is 0 Å². The Morgan fingerprint density at radius 1 is 0.312 bits per heavy atom. The number of esters is 3. The van der Waals surface area contributed by atoms with Gasteiger partial charge in [0, 0.05) is 19.3 Å². The van der Waals surface area contributed by atoms with Crippen LogP contribution >= 0.6 is 0 Å². The fourth-order valence-corrected chi connectivity index (χ4v) is 8.89. The molecule has 64 heavy (non-hydrogen) atoms. The lowest BCUT2D eigenvalue weighted by atomic mass is 9.99. The smallest absolute Gasteiger partial charge is 0.306 e. The zero-order chi connectivity index (χ0) is 46.7. The first-order valence-electron chi connectivity index (χ1n) is 28.9. The molecule has 0 aromatic heterocycles. The molecule has 6 heteroatoms. The normalized spacial score (nSPS) is 12.4. The van der Waals surface area contributed by atoms with Crippen LogP contribution in [0.2, 0.25) is 0 Å². The van der Waals surface area contributed by atoms with Crippen LogP contribution in [0.15, 0.2) is 0 Å². The summed E-state index contributed by atoms with van der Waals surface area (Å²) in [7, 11) is 0. The van der Waals surface area contributed by atoms with E-state index < -0.39 is 6.10 Å². The van der Waals surface area contributed by atoms with Gasteiger partial charge in [-0.05, 0) is 25.2 Å². The highest BCUT2D eigenvalue weighted by atomic mass is 16.6. The first kappa shape index (κ1) is 62.4. The lowest BCUT2D eigenvalue weighted by Crippen LogP contribution is -2.30. The van der Waals surface area contributed by atoms with Crippen molar-refractivity contribution in [1.82, 2.24) is 0 Å². The minimum atomic E-state index is -0.761. The van der Waals surface area contributed by atoms with Gasteiger partial charge in [0.1, 0.15) is 13.2 Å². The summed E-state index contributed by atoms with van der Waals surface area (Å²) in [5.41, 5.74) is 0. The molecule has 0 N–H and O–H groups in total. The quantitative estimate of drug-likeness (QED) is 0.0344. The van der Waals surface area contributed by atoms with Crippen LogP contribution in [-0.2, 0) is 28.6 Å². The SMILES string of the molecule is CCCCCCCCCCCCCCCCCCCC(=O)O[C@H](COC(=O)CCCCCCCCCCCCC)COC(=O)CCCCCCCCCCCCCCCCC(C)CC. The van der Waals surface area contributed by atoms with Crippen LogP contribution in [0.3, 0.4) is 0 Å². The summed E-state index contributed by atoms with van der Waals surface area (Å²) in [6.07, 6.45) is 56.6. The largest absolute Gasteiger partial charge is 0.462 e. The van der Waals surface area contributed by atoms with Crippen molar-refractivity contribution >= 4 is 17.9 Å². The molecule has 6 nitrogen and oxygen atoms in total. The minimum absolute atomic E-state index is 0.0619. The lowest BCUT2D eigenvalue weighted by Gasteiger charge is -2.18. The molecule has 0 aromatic rings. The molecule has 0 saturated carbocycles. The summed E-state index contributed by atoms with van der Waals surface area (Å²) < 4.78 is 16.9. The number of carbonyl (C=O) groups is 3. The van der Waals surface area contributed by atoms with Crippen LogP contribution in [0, 0.1) is 5.92 Å². The van der Waals surface area contributed by atoms with E-state index in [1.807, 2.05) is 0 Å². The fraction of sp³-hybridized carbons (Fsp3) is 0.948. The number of hydrogen-bond donors (Lipinski definition) is 0. The maximum absolute atomic E-state index is 12.8. The Labute approximate surface area is 399 Å². The molecule has 0 spiro atoms. The molecule has 0 rings (SSSR count). The van der Waals surface area contributed by atoms with E-state index in [2.05, 4.69) is 27.7 Å². The third-order valence-corrected chi connectivity index (χ3v) is 13.7. The van der Waals surface area contributed by atoms with E-state index in [1.165, 1.54) is 225 Å². The Morgan fingerprint density at radius 2 is 0.547 bits per heavy atom. The fourth-order valence-electron chi connectivity index (χ4n) is 8.89. The van der Waals surface area contributed by atoms with Gasteiger partial charge in [-0.2, -0.15) is 0 Å². The lowest BCUT2D eigenvalue weighted by molar-refractivity contribution is -0.167. The van der Waals surface area contributed by atoms with E-state index in [4.69, 9.17) is 14.2 Å². The second kappa shape index (κ2) is 52.4. The third-order valence-electron chi connectivity index (χ3n) is 13.7. The highest BCUT2D eigenvalue weighted by molar-refractivity contribution is 5.71. The molecule has 0 radical (unpaired) electrons. The van der Waals surface area contributed by atoms with Gasteiger partial charge >= 0.3 is 17.9 Å².